The number of rotatable bonds is 7. The highest BCUT2D eigenvalue weighted by molar-refractivity contribution is 5.99. The van der Waals surface area contributed by atoms with Crippen molar-refractivity contribution >= 4 is 17.3 Å². The molecule has 0 aliphatic carbocycles. The fourth-order valence-electron chi connectivity index (χ4n) is 2.47. The Labute approximate surface area is 158 Å². The molecule has 0 aliphatic rings. The van der Waals surface area contributed by atoms with Crippen molar-refractivity contribution in [3.05, 3.63) is 69.3 Å². The smallest absolute Gasteiger partial charge is 0.277 e. The zero-order valence-corrected chi connectivity index (χ0v) is 15.9. The zero-order chi connectivity index (χ0) is 20.0. The average molecular weight is 369 g/mol. The quantitative estimate of drug-likeness (QED) is 0.454. The lowest BCUT2D eigenvalue weighted by atomic mass is 10.0. The third kappa shape index (κ3) is 5.64. The topological polar surface area (TPSA) is 93.8 Å². The van der Waals surface area contributed by atoms with Crippen LogP contribution in [0.2, 0.25) is 0 Å². The number of nitrogens with one attached hydrogen (secondary N) is 1. The summed E-state index contributed by atoms with van der Waals surface area (Å²) in [5.41, 5.74) is 5.49. The summed E-state index contributed by atoms with van der Waals surface area (Å²) in [5.74, 6) is 0.549. The van der Waals surface area contributed by atoms with Crippen molar-refractivity contribution in [1.29, 1.82) is 0 Å². The van der Waals surface area contributed by atoms with Crippen molar-refractivity contribution in [2.45, 2.75) is 33.6 Å². The van der Waals surface area contributed by atoms with Gasteiger partial charge in [-0.3, -0.25) is 14.9 Å². The molecular weight excluding hydrogens is 346 g/mol. The molecular formula is C20H23N3O4. The van der Waals surface area contributed by atoms with Gasteiger partial charge < -0.3 is 4.74 Å². The van der Waals surface area contributed by atoms with Gasteiger partial charge >= 0.3 is 0 Å². The highest BCUT2D eigenvalue weighted by Gasteiger charge is 2.11. The van der Waals surface area contributed by atoms with Crippen molar-refractivity contribution in [3.8, 4) is 5.75 Å². The summed E-state index contributed by atoms with van der Waals surface area (Å²) in [5, 5.41) is 14.8. The molecule has 0 heterocycles. The Hall–Kier alpha value is -3.22. The highest BCUT2D eigenvalue weighted by atomic mass is 16.6. The van der Waals surface area contributed by atoms with E-state index in [2.05, 4.69) is 24.4 Å². The van der Waals surface area contributed by atoms with Gasteiger partial charge in [-0.25, -0.2) is 5.43 Å². The molecule has 0 radical (unpaired) electrons. The summed E-state index contributed by atoms with van der Waals surface area (Å²) < 4.78 is 5.66. The number of hydrogen-bond acceptors (Lipinski definition) is 5. The van der Waals surface area contributed by atoms with Crippen LogP contribution < -0.4 is 10.2 Å². The Kier molecular flexibility index (Phi) is 6.65. The third-order valence-corrected chi connectivity index (χ3v) is 3.97. The van der Waals surface area contributed by atoms with Gasteiger partial charge in [-0.2, -0.15) is 5.10 Å². The summed E-state index contributed by atoms with van der Waals surface area (Å²) >= 11 is 0. The summed E-state index contributed by atoms with van der Waals surface area (Å²) in [6, 6.07) is 12.0. The lowest BCUT2D eigenvalue weighted by Gasteiger charge is -2.14. The second-order valence-electron chi connectivity index (χ2n) is 6.52. The lowest BCUT2D eigenvalue weighted by molar-refractivity contribution is -0.384. The number of ether oxygens (including phenoxy) is 1. The van der Waals surface area contributed by atoms with Gasteiger partial charge in [0.05, 0.1) is 10.6 Å². The number of hydrogen-bond donors (Lipinski definition) is 1. The van der Waals surface area contributed by atoms with E-state index in [-0.39, 0.29) is 18.2 Å². The predicted molar refractivity (Wildman–Crippen MR) is 104 cm³/mol. The van der Waals surface area contributed by atoms with Gasteiger partial charge in [-0.15, -0.1) is 0 Å². The van der Waals surface area contributed by atoms with Crippen molar-refractivity contribution in [2.24, 2.45) is 5.10 Å². The molecule has 0 aliphatic heterocycles. The summed E-state index contributed by atoms with van der Waals surface area (Å²) in [7, 11) is 0. The lowest BCUT2D eigenvalue weighted by Crippen LogP contribution is -2.26. The first-order valence-corrected chi connectivity index (χ1v) is 8.59. The molecule has 7 nitrogen and oxygen atoms in total. The zero-order valence-electron chi connectivity index (χ0n) is 15.9. The summed E-state index contributed by atoms with van der Waals surface area (Å²) in [6.07, 6.45) is 0. The van der Waals surface area contributed by atoms with Crippen LogP contribution in [0, 0.1) is 17.0 Å². The van der Waals surface area contributed by atoms with Crippen LogP contribution >= 0.6 is 0 Å². The van der Waals surface area contributed by atoms with Crippen LogP contribution in [-0.2, 0) is 4.79 Å². The van der Waals surface area contributed by atoms with E-state index in [1.807, 2.05) is 25.1 Å². The van der Waals surface area contributed by atoms with E-state index in [4.69, 9.17) is 4.74 Å². The molecule has 0 aromatic heterocycles. The van der Waals surface area contributed by atoms with Gasteiger partial charge in [0, 0.05) is 17.7 Å². The van der Waals surface area contributed by atoms with Crippen LogP contribution in [0.5, 0.6) is 5.75 Å². The molecule has 142 valence electrons. The average Bonchev–Trinajstić information content (AvgIpc) is 2.64. The first kappa shape index (κ1) is 20.1. The number of aryl methyl sites for hydroxylation is 1. The van der Waals surface area contributed by atoms with Gasteiger partial charge in [0.2, 0.25) is 0 Å². The number of nitro groups is 1. The van der Waals surface area contributed by atoms with Crippen molar-refractivity contribution in [1.82, 2.24) is 5.43 Å². The van der Waals surface area contributed by atoms with E-state index >= 15 is 0 Å². The molecule has 2 aromatic rings. The fourth-order valence-corrected chi connectivity index (χ4v) is 2.47. The number of carbonyl (C=O) groups excluding carboxylic acids is 1. The first-order chi connectivity index (χ1) is 12.8. The van der Waals surface area contributed by atoms with E-state index in [1.54, 1.807) is 19.1 Å². The minimum Gasteiger partial charge on any atom is -0.483 e. The van der Waals surface area contributed by atoms with Crippen LogP contribution in [0.25, 0.3) is 0 Å². The van der Waals surface area contributed by atoms with Crippen LogP contribution in [0.15, 0.2) is 47.6 Å². The van der Waals surface area contributed by atoms with Gasteiger partial charge in [0.15, 0.2) is 6.61 Å². The van der Waals surface area contributed by atoms with Crippen LogP contribution in [-0.4, -0.2) is 23.1 Å². The second kappa shape index (κ2) is 8.93. The van der Waals surface area contributed by atoms with E-state index in [9.17, 15) is 14.9 Å². The molecule has 27 heavy (non-hydrogen) atoms. The maximum atomic E-state index is 12.0. The second-order valence-corrected chi connectivity index (χ2v) is 6.52. The predicted octanol–water partition coefficient (Wildman–Crippen LogP) is 3.95. The third-order valence-electron chi connectivity index (χ3n) is 3.97. The maximum absolute atomic E-state index is 12.0. The van der Waals surface area contributed by atoms with Crippen LogP contribution in [0.1, 0.15) is 43.4 Å². The van der Waals surface area contributed by atoms with E-state index < -0.39 is 10.8 Å². The highest BCUT2D eigenvalue weighted by Crippen LogP contribution is 2.27. The number of hydrazone groups is 1. The molecule has 1 amide bonds. The number of carbonyl (C=O) groups is 1. The van der Waals surface area contributed by atoms with Gasteiger partial charge in [-0.1, -0.05) is 38.1 Å². The number of benzene rings is 2. The molecule has 2 aromatic carbocycles. The van der Waals surface area contributed by atoms with Crippen molar-refractivity contribution in [2.75, 3.05) is 6.61 Å². The molecule has 7 heteroatoms. The first-order valence-electron chi connectivity index (χ1n) is 8.59. The number of amides is 1. The normalized spacial score (nSPS) is 11.4. The molecule has 0 fully saturated rings. The van der Waals surface area contributed by atoms with Gasteiger partial charge in [-0.05, 0) is 37.0 Å². The molecule has 0 unspecified atom stereocenters. The summed E-state index contributed by atoms with van der Waals surface area (Å²) in [6.45, 7) is 7.57. The Bertz CT molecular complexity index is 875. The molecule has 0 saturated heterocycles. The van der Waals surface area contributed by atoms with E-state index in [0.29, 0.717) is 17.0 Å². The molecule has 0 spiro atoms. The molecule has 0 atom stereocenters. The molecule has 0 bridgehead atoms. The SMILES string of the molecule is C/C(=N/NC(=O)COc1cc(C)ccc1C(C)C)c1cccc([N+](=O)[O-])c1. The standard InChI is InChI=1S/C20H23N3O4/c1-13(2)18-9-8-14(3)10-19(18)27-12-20(24)22-21-15(4)16-6-5-7-17(11-16)23(25)26/h5-11,13H,12H2,1-4H3,(H,22,24)/b21-15-. The Morgan fingerprint density at radius 1 is 1.26 bits per heavy atom. The minimum absolute atomic E-state index is 0.0302. The van der Waals surface area contributed by atoms with Crippen LogP contribution in [0.4, 0.5) is 5.69 Å². The number of non-ortho nitro benzene ring substituents is 1. The monoisotopic (exact) mass is 369 g/mol. The van der Waals surface area contributed by atoms with E-state index in [1.165, 1.54) is 12.1 Å². The van der Waals surface area contributed by atoms with E-state index in [0.717, 1.165) is 11.1 Å². The van der Waals surface area contributed by atoms with Crippen molar-refractivity contribution < 1.29 is 14.5 Å². The van der Waals surface area contributed by atoms with Crippen molar-refractivity contribution in [3.63, 3.8) is 0 Å². The Morgan fingerprint density at radius 2 is 2.00 bits per heavy atom. The largest absolute Gasteiger partial charge is 0.483 e. The molecule has 0 saturated carbocycles. The van der Waals surface area contributed by atoms with Crippen LogP contribution in [0.3, 0.4) is 0 Å². The van der Waals surface area contributed by atoms with Gasteiger partial charge in [0.25, 0.3) is 11.6 Å². The number of nitrogens with zero attached hydrogens (tertiary/aromatic N) is 2. The molecule has 1 N–H and O–H groups in total. The maximum Gasteiger partial charge on any atom is 0.277 e. The minimum atomic E-state index is -0.475. The Morgan fingerprint density at radius 3 is 2.67 bits per heavy atom. The summed E-state index contributed by atoms with van der Waals surface area (Å²) in [4.78, 5) is 22.4. The molecule has 2 rings (SSSR count). The fraction of sp³-hybridized carbons (Fsp3) is 0.300. The number of nitro benzene ring substituents is 1. The van der Waals surface area contributed by atoms with Gasteiger partial charge in [0.1, 0.15) is 5.75 Å². The Balaban J connectivity index is 2.00.